The third-order valence-corrected chi connectivity index (χ3v) is 3.22. The van der Waals surface area contributed by atoms with Crippen LogP contribution in [0.2, 0.25) is 5.02 Å². The molecule has 2 N–H and O–H groups in total. The molecule has 0 atom stereocenters. The molecule has 19 heavy (non-hydrogen) atoms. The van der Waals surface area contributed by atoms with Gasteiger partial charge in [-0.25, -0.2) is 4.79 Å². The minimum atomic E-state index is -0.464. The van der Waals surface area contributed by atoms with Crippen molar-refractivity contribution in [3.8, 4) is 0 Å². The van der Waals surface area contributed by atoms with Gasteiger partial charge in [0.05, 0.1) is 5.56 Å². The van der Waals surface area contributed by atoms with Crippen LogP contribution in [0.4, 0.5) is 5.69 Å². The number of nitrogens with two attached hydrogens (primary N) is 1. The molecule has 0 aliphatic rings. The number of benzene rings is 2. The van der Waals surface area contributed by atoms with Crippen molar-refractivity contribution in [3.05, 3.63) is 63.1 Å². The third kappa shape index (κ3) is 3.72. The number of carbonyl (C=O) groups is 1. The number of hydrogen-bond acceptors (Lipinski definition) is 3. The Morgan fingerprint density at radius 1 is 1.26 bits per heavy atom. The Hall–Kier alpha value is -1.52. The predicted molar refractivity (Wildman–Crippen MR) is 79.1 cm³/mol. The average Bonchev–Trinajstić information content (AvgIpc) is 2.36. The average molecular weight is 341 g/mol. The first-order chi connectivity index (χ1) is 9.06. The molecule has 0 unspecified atom stereocenters. The first-order valence-electron chi connectivity index (χ1n) is 5.53. The summed E-state index contributed by atoms with van der Waals surface area (Å²) in [6, 6.07) is 12.2. The molecule has 0 radical (unpaired) electrons. The van der Waals surface area contributed by atoms with Crippen LogP contribution in [-0.2, 0) is 11.3 Å². The summed E-state index contributed by atoms with van der Waals surface area (Å²) in [7, 11) is 0. The highest BCUT2D eigenvalue weighted by molar-refractivity contribution is 9.10. The van der Waals surface area contributed by atoms with E-state index >= 15 is 0 Å². The molecule has 0 fully saturated rings. The van der Waals surface area contributed by atoms with Crippen LogP contribution in [0, 0.1) is 0 Å². The molecule has 0 aliphatic carbocycles. The van der Waals surface area contributed by atoms with Gasteiger partial charge < -0.3 is 10.5 Å². The smallest absolute Gasteiger partial charge is 0.340 e. The molecule has 2 aromatic carbocycles. The van der Waals surface area contributed by atoms with Crippen molar-refractivity contribution < 1.29 is 9.53 Å². The van der Waals surface area contributed by atoms with Gasteiger partial charge in [0.25, 0.3) is 0 Å². The molecule has 0 amide bonds. The minimum absolute atomic E-state index is 0.195. The summed E-state index contributed by atoms with van der Waals surface area (Å²) >= 11 is 9.13. The molecular formula is C14H11BrClNO2. The van der Waals surface area contributed by atoms with Crippen LogP contribution in [0.25, 0.3) is 0 Å². The fourth-order valence-electron chi connectivity index (χ4n) is 1.57. The van der Waals surface area contributed by atoms with Crippen molar-refractivity contribution in [2.75, 3.05) is 5.73 Å². The van der Waals surface area contributed by atoms with E-state index in [0.29, 0.717) is 16.3 Å². The normalized spacial score (nSPS) is 10.2. The Balaban J connectivity index is 2.05. The monoisotopic (exact) mass is 339 g/mol. The zero-order chi connectivity index (χ0) is 13.8. The number of anilines is 1. The second-order valence-corrected chi connectivity index (χ2v) is 5.29. The van der Waals surface area contributed by atoms with Crippen molar-refractivity contribution in [1.82, 2.24) is 0 Å². The zero-order valence-electron chi connectivity index (χ0n) is 9.90. The fraction of sp³-hybridized carbons (Fsp3) is 0.0714. The Bertz CT molecular complexity index is 616. The zero-order valence-corrected chi connectivity index (χ0v) is 12.2. The van der Waals surface area contributed by atoms with Gasteiger partial charge in [0, 0.05) is 15.2 Å². The summed E-state index contributed by atoms with van der Waals surface area (Å²) in [5.74, 6) is -0.464. The van der Waals surface area contributed by atoms with E-state index < -0.39 is 5.97 Å². The molecule has 3 nitrogen and oxygen atoms in total. The maximum absolute atomic E-state index is 11.9. The quantitative estimate of drug-likeness (QED) is 0.677. The molecule has 0 heterocycles. The van der Waals surface area contributed by atoms with E-state index in [9.17, 15) is 4.79 Å². The van der Waals surface area contributed by atoms with Crippen molar-refractivity contribution in [2.45, 2.75) is 6.61 Å². The van der Waals surface area contributed by atoms with Crippen LogP contribution in [0.5, 0.6) is 0 Å². The topological polar surface area (TPSA) is 52.3 Å². The minimum Gasteiger partial charge on any atom is -0.457 e. The maximum Gasteiger partial charge on any atom is 0.340 e. The van der Waals surface area contributed by atoms with Gasteiger partial charge in [0.1, 0.15) is 6.61 Å². The van der Waals surface area contributed by atoms with Gasteiger partial charge in [-0.1, -0.05) is 39.7 Å². The van der Waals surface area contributed by atoms with Gasteiger partial charge in [-0.2, -0.15) is 0 Å². The lowest BCUT2D eigenvalue weighted by Gasteiger charge is -2.07. The number of halogens is 2. The lowest BCUT2D eigenvalue weighted by molar-refractivity contribution is 0.0474. The first kappa shape index (κ1) is 13.9. The van der Waals surface area contributed by atoms with Crippen LogP contribution >= 0.6 is 27.5 Å². The largest absolute Gasteiger partial charge is 0.457 e. The van der Waals surface area contributed by atoms with Crippen molar-refractivity contribution in [2.24, 2.45) is 0 Å². The van der Waals surface area contributed by atoms with E-state index in [1.807, 2.05) is 24.3 Å². The van der Waals surface area contributed by atoms with Gasteiger partial charge in [-0.3, -0.25) is 0 Å². The molecule has 5 heteroatoms. The summed E-state index contributed by atoms with van der Waals surface area (Å²) in [6.07, 6.45) is 0. The number of hydrogen-bond donors (Lipinski definition) is 1. The van der Waals surface area contributed by atoms with E-state index in [-0.39, 0.29) is 6.61 Å². The van der Waals surface area contributed by atoms with E-state index in [1.54, 1.807) is 12.1 Å². The van der Waals surface area contributed by atoms with E-state index in [0.717, 1.165) is 10.0 Å². The van der Waals surface area contributed by atoms with Gasteiger partial charge in [0.2, 0.25) is 0 Å². The molecule has 98 valence electrons. The van der Waals surface area contributed by atoms with Crippen molar-refractivity contribution in [3.63, 3.8) is 0 Å². The number of nitrogen functional groups attached to an aromatic ring is 1. The summed E-state index contributed by atoms with van der Waals surface area (Å²) in [4.78, 5) is 11.9. The van der Waals surface area contributed by atoms with Crippen molar-refractivity contribution >= 4 is 39.2 Å². The van der Waals surface area contributed by atoms with E-state index in [2.05, 4.69) is 15.9 Å². The molecule has 0 aliphatic heterocycles. The van der Waals surface area contributed by atoms with Crippen LogP contribution in [-0.4, -0.2) is 5.97 Å². The van der Waals surface area contributed by atoms with Crippen molar-refractivity contribution in [1.29, 1.82) is 0 Å². The Labute approximate surface area is 124 Å². The van der Waals surface area contributed by atoms with Crippen LogP contribution < -0.4 is 5.73 Å². The molecule has 0 saturated heterocycles. The molecule has 2 rings (SSSR count). The summed E-state index contributed by atoms with van der Waals surface area (Å²) in [6.45, 7) is 0.195. The second kappa shape index (κ2) is 6.08. The summed E-state index contributed by atoms with van der Waals surface area (Å²) in [5, 5.41) is 0.487. The molecule has 0 aromatic heterocycles. The number of rotatable bonds is 3. The number of carbonyl (C=O) groups excluding carboxylic acids is 1. The van der Waals surface area contributed by atoms with E-state index in [1.165, 1.54) is 6.07 Å². The highest BCUT2D eigenvalue weighted by Gasteiger charge is 2.11. The van der Waals surface area contributed by atoms with Gasteiger partial charge in [0.15, 0.2) is 0 Å². The summed E-state index contributed by atoms with van der Waals surface area (Å²) < 4.78 is 6.14. The Morgan fingerprint density at radius 2 is 2.05 bits per heavy atom. The second-order valence-electron chi connectivity index (χ2n) is 3.94. The van der Waals surface area contributed by atoms with E-state index in [4.69, 9.17) is 22.1 Å². The van der Waals surface area contributed by atoms with Gasteiger partial charge in [-0.15, -0.1) is 0 Å². The Morgan fingerprint density at radius 3 is 2.74 bits per heavy atom. The third-order valence-electron chi connectivity index (χ3n) is 2.49. The lowest BCUT2D eigenvalue weighted by atomic mass is 10.2. The van der Waals surface area contributed by atoms with Crippen LogP contribution in [0.3, 0.4) is 0 Å². The number of ether oxygens (including phenoxy) is 1. The van der Waals surface area contributed by atoms with Crippen LogP contribution in [0.15, 0.2) is 46.9 Å². The molecule has 2 aromatic rings. The van der Waals surface area contributed by atoms with Gasteiger partial charge >= 0.3 is 5.97 Å². The Kier molecular flexibility index (Phi) is 4.45. The fourth-order valence-corrected chi connectivity index (χ4v) is 2.20. The molecule has 0 bridgehead atoms. The SMILES string of the molecule is Nc1cc(Cl)ccc1C(=O)OCc1cccc(Br)c1. The highest BCUT2D eigenvalue weighted by atomic mass is 79.9. The van der Waals surface area contributed by atoms with Crippen LogP contribution in [0.1, 0.15) is 15.9 Å². The lowest BCUT2D eigenvalue weighted by Crippen LogP contribution is -2.08. The molecule has 0 saturated carbocycles. The maximum atomic E-state index is 11.9. The highest BCUT2D eigenvalue weighted by Crippen LogP contribution is 2.19. The first-order valence-corrected chi connectivity index (χ1v) is 6.70. The molecular weight excluding hydrogens is 330 g/mol. The standard InChI is InChI=1S/C14H11BrClNO2/c15-10-3-1-2-9(6-10)8-19-14(18)12-5-4-11(16)7-13(12)17/h1-7H,8,17H2. The van der Waals surface area contributed by atoms with Gasteiger partial charge in [-0.05, 0) is 35.9 Å². The number of esters is 1. The molecule has 0 spiro atoms. The summed E-state index contributed by atoms with van der Waals surface area (Å²) in [5.41, 5.74) is 7.25. The predicted octanol–water partition coefficient (Wildman–Crippen LogP) is 4.04.